The minimum absolute atomic E-state index is 0.0798. The molecule has 0 rings (SSSR count). The van der Waals surface area contributed by atoms with E-state index in [2.05, 4.69) is 18.8 Å². The zero-order valence-electron chi connectivity index (χ0n) is 8.83. The zero-order chi connectivity index (χ0) is 10.8. The van der Waals surface area contributed by atoms with E-state index in [1.165, 1.54) is 6.08 Å². The maximum absolute atomic E-state index is 9.51. The summed E-state index contributed by atoms with van der Waals surface area (Å²) in [6.07, 6.45) is 5.41. The lowest BCUT2D eigenvalue weighted by atomic mass is 10.0. The van der Waals surface area contributed by atoms with Crippen LogP contribution in [0.3, 0.4) is 0 Å². The molecule has 0 aromatic rings. The summed E-state index contributed by atoms with van der Waals surface area (Å²) in [7, 11) is 0. The minimum atomic E-state index is -0.656. The molecule has 0 saturated carbocycles. The molecule has 76 valence electrons. The molecule has 0 aliphatic carbocycles. The predicted octanol–water partition coefficient (Wildman–Crippen LogP) is 2.26. The van der Waals surface area contributed by atoms with E-state index in [4.69, 9.17) is 5.26 Å². The molecule has 14 heavy (non-hydrogen) atoms. The van der Waals surface area contributed by atoms with Crippen molar-refractivity contribution >= 4 is 0 Å². The summed E-state index contributed by atoms with van der Waals surface area (Å²) in [5.41, 5.74) is 0. The van der Waals surface area contributed by atoms with E-state index < -0.39 is 6.10 Å². The second-order valence-electron chi connectivity index (χ2n) is 3.22. The molecule has 2 heteroatoms. The lowest BCUT2D eigenvalue weighted by Gasteiger charge is -2.07. The van der Waals surface area contributed by atoms with Crippen LogP contribution in [-0.2, 0) is 0 Å². The maximum atomic E-state index is 9.51. The Morgan fingerprint density at radius 3 is 2.79 bits per heavy atom. The molecule has 2 atom stereocenters. The van der Waals surface area contributed by atoms with Gasteiger partial charge in [-0.05, 0) is 6.42 Å². The second-order valence-corrected chi connectivity index (χ2v) is 3.22. The van der Waals surface area contributed by atoms with Crippen molar-refractivity contribution in [2.75, 3.05) is 0 Å². The number of aliphatic hydroxyl groups is 1. The molecule has 0 aliphatic rings. The number of nitriles is 1. The third-order valence-electron chi connectivity index (χ3n) is 1.88. The highest BCUT2D eigenvalue weighted by Crippen LogP contribution is 2.03. The van der Waals surface area contributed by atoms with Gasteiger partial charge in [0.2, 0.25) is 0 Å². The van der Waals surface area contributed by atoms with E-state index in [0.29, 0.717) is 0 Å². The second kappa shape index (κ2) is 8.35. The Bertz CT molecular complexity index is 264. The Hall–Kier alpha value is -1.25. The third kappa shape index (κ3) is 6.29. The highest BCUT2D eigenvalue weighted by molar-refractivity contribution is 5.12. The largest absolute Gasteiger partial charge is 0.380 e. The van der Waals surface area contributed by atoms with Gasteiger partial charge in [-0.25, -0.2) is 0 Å². The van der Waals surface area contributed by atoms with Gasteiger partial charge in [0.1, 0.15) is 6.10 Å². The summed E-state index contributed by atoms with van der Waals surface area (Å²) in [5, 5.41) is 17.8. The molecular formula is C12H17NO. The highest BCUT2D eigenvalue weighted by Gasteiger charge is 2.06. The van der Waals surface area contributed by atoms with Crippen molar-refractivity contribution in [3.63, 3.8) is 0 Å². The van der Waals surface area contributed by atoms with Crippen LogP contribution < -0.4 is 0 Å². The Kier molecular flexibility index (Phi) is 7.61. The highest BCUT2D eigenvalue weighted by atomic mass is 16.3. The number of hydrogen-bond donors (Lipinski definition) is 1. The molecule has 0 aromatic carbocycles. The number of hydrogen-bond acceptors (Lipinski definition) is 2. The first kappa shape index (κ1) is 12.8. The smallest absolute Gasteiger partial charge is 0.120 e. The van der Waals surface area contributed by atoms with Crippen LogP contribution in [0.2, 0.25) is 0 Å². The molecule has 0 saturated heterocycles. The van der Waals surface area contributed by atoms with Gasteiger partial charge in [0.05, 0.1) is 6.07 Å². The molecule has 2 nitrogen and oxygen atoms in total. The monoisotopic (exact) mass is 191 g/mol. The summed E-state index contributed by atoms with van der Waals surface area (Å²) in [5.74, 6) is 5.62. The van der Waals surface area contributed by atoms with Crippen LogP contribution in [0.5, 0.6) is 0 Å². The molecule has 1 N–H and O–H groups in total. The van der Waals surface area contributed by atoms with Gasteiger partial charge in [0.15, 0.2) is 0 Å². The Labute approximate surface area is 86.3 Å². The zero-order valence-corrected chi connectivity index (χ0v) is 8.83. The fraction of sp³-hybridized carbons (Fsp3) is 0.583. The van der Waals surface area contributed by atoms with E-state index in [0.717, 1.165) is 19.3 Å². The van der Waals surface area contributed by atoms with E-state index in [9.17, 15) is 5.11 Å². The minimum Gasteiger partial charge on any atom is -0.380 e. The van der Waals surface area contributed by atoms with Crippen molar-refractivity contribution in [1.29, 1.82) is 5.26 Å². The first-order valence-corrected chi connectivity index (χ1v) is 4.95. The van der Waals surface area contributed by atoms with Crippen LogP contribution in [0, 0.1) is 29.1 Å². The molecular weight excluding hydrogens is 174 g/mol. The van der Waals surface area contributed by atoms with Gasteiger partial charge in [0, 0.05) is 18.4 Å². The third-order valence-corrected chi connectivity index (χ3v) is 1.88. The Morgan fingerprint density at radius 1 is 1.50 bits per heavy atom. The average Bonchev–Trinajstić information content (AvgIpc) is 2.20. The van der Waals surface area contributed by atoms with Gasteiger partial charge >= 0.3 is 0 Å². The quantitative estimate of drug-likeness (QED) is 0.421. The number of rotatable bonds is 4. The summed E-state index contributed by atoms with van der Waals surface area (Å²) in [6, 6.07) is 1.89. The molecule has 0 fully saturated rings. The van der Waals surface area contributed by atoms with Gasteiger partial charge in [-0.2, -0.15) is 5.26 Å². The molecule has 0 bridgehead atoms. The van der Waals surface area contributed by atoms with Crippen LogP contribution in [0.1, 0.15) is 33.1 Å². The molecule has 0 aliphatic heterocycles. The van der Waals surface area contributed by atoms with Gasteiger partial charge in [0.25, 0.3) is 0 Å². The van der Waals surface area contributed by atoms with Crippen LogP contribution in [-0.4, -0.2) is 11.2 Å². The van der Waals surface area contributed by atoms with E-state index in [-0.39, 0.29) is 5.92 Å². The van der Waals surface area contributed by atoms with Gasteiger partial charge in [-0.3, -0.25) is 0 Å². The maximum Gasteiger partial charge on any atom is 0.120 e. The van der Waals surface area contributed by atoms with E-state index in [1.807, 2.05) is 13.0 Å². The average molecular weight is 191 g/mol. The van der Waals surface area contributed by atoms with Gasteiger partial charge < -0.3 is 5.11 Å². The summed E-state index contributed by atoms with van der Waals surface area (Å²) in [4.78, 5) is 0. The first-order valence-electron chi connectivity index (χ1n) is 4.95. The number of unbranched alkanes of at least 4 members (excludes halogenated alkanes) is 2. The van der Waals surface area contributed by atoms with Crippen LogP contribution >= 0.6 is 0 Å². The van der Waals surface area contributed by atoms with Gasteiger partial charge in [-0.1, -0.05) is 32.3 Å². The van der Waals surface area contributed by atoms with E-state index in [1.54, 1.807) is 6.08 Å². The van der Waals surface area contributed by atoms with Crippen molar-refractivity contribution < 1.29 is 5.11 Å². The lowest BCUT2D eigenvalue weighted by Crippen LogP contribution is -2.12. The normalized spacial score (nSPS) is 14.1. The fourth-order valence-corrected chi connectivity index (χ4v) is 0.873. The molecule has 0 amide bonds. The van der Waals surface area contributed by atoms with Crippen molar-refractivity contribution in [3.05, 3.63) is 12.2 Å². The molecule has 0 aromatic heterocycles. The Morgan fingerprint density at radius 2 is 2.21 bits per heavy atom. The van der Waals surface area contributed by atoms with Crippen molar-refractivity contribution in [2.24, 2.45) is 5.92 Å². The SMILES string of the molecule is CCCCC#C[C@@H](O)[C@@H](C)/C=C\C#N. The standard InChI is InChI=1S/C12H17NO/c1-3-4-5-6-9-12(14)11(2)8-7-10-13/h7-8,11-12,14H,3-5H2,1-2H3/b8-7-/t11-,12+/m0/s1. The fourth-order valence-electron chi connectivity index (χ4n) is 0.873. The van der Waals surface area contributed by atoms with Gasteiger partial charge in [-0.15, -0.1) is 5.92 Å². The van der Waals surface area contributed by atoms with Crippen molar-refractivity contribution in [2.45, 2.75) is 39.2 Å². The molecule has 0 heterocycles. The van der Waals surface area contributed by atoms with Crippen molar-refractivity contribution in [3.8, 4) is 17.9 Å². The Balaban J connectivity index is 3.92. The molecule has 0 spiro atoms. The molecule has 0 radical (unpaired) electrons. The summed E-state index contributed by atoms with van der Waals surface area (Å²) in [6.45, 7) is 3.95. The molecule has 0 unspecified atom stereocenters. The summed E-state index contributed by atoms with van der Waals surface area (Å²) < 4.78 is 0. The number of nitrogens with zero attached hydrogens (tertiary/aromatic N) is 1. The lowest BCUT2D eigenvalue weighted by molar-refractivity contribution is 0.194. The summed E-state index contributed by atoms with van der Waals surface area (Å²) >= 11 is 0. The van der Waals surface area contributed by atoms with Crippen LogP contribution in [0.4, 0.5) is 0 Å². The topological polar surface area (TPSA) is 44.0 Å². The number of allylic oxidation sites excluding steroid dienone is 1. The van der Waals surface area contributed by atoms with Crippen LogP contribution in [0.25, 0.3) is 0 Å². The van der Waals surface area contributed by atoms with Crippen LogP contribution in [0.15, 0.2) is 12.2 Å². The number of aliphatic hydroxyl groups excluding tert-OH is 1. The predicted molar refractivity (Wildman–Crippen MR) is 57.2 cm³/mol. The first-order chi connectivity index (χ1) is 6.72. The van der Waals surface area contributed by atoms with Crippen molar-refractivity contribution in [1.82, 2.24) is 0 Å². The van der Waals surface area contributed by atoms with E-state index >= 15 is 0 Å².